The van der Waals surface area contributed by atoms with E-state index in [0.29, 0.717) is 12.2 Å². The molecule has 0 aliphatic carbocycles. The number of nitrogens with one attached hydrogen (secondary N) is 2. The van der Waals surface area contributed by atoms with E-state index in [4.69, 9.17) is 5.11 Å². The fraction of sp³-hybridized carbons (Fsp3) is 0.800. The van der Waals surface area contributed by atoms with Gasteiger partial charge in [0, 0.05) is 36.0 Å². The van der Waals surface area contributed by atoms with E-state index in [0.717, 1.165) is 0 Å². The summed E-state index contributed by atoms with van der Waals surface area (Å²) in [6.45, 7) is 1.66. The van der Waals surface area contributed by atoms with Gasteiger partial charge < -0.3 is 20.5 Å². The van der Waals surface area contributed by atoms with Crippen LogP contribution in [0.5, 0.6) is 0 Å². The molecule has 3 N–H and O–H groups in total. The molecule has 8 heteroatoms. The van der Waals surface area contributed by atoms with E-state index in [1.54, 1.807) is 13.2 Å². The van der Waals surface area contributed by atoms with E-state index in [1.165, 1.54) is 7.11 Å². The average molecular weight is 280 g/mol. The van der Waals surface area contributed by atoms with Crippen LogP contribution in [0.15, 0.2) is 0 Å². The predicted octanol–water partition coefficient (Wildman–Crippen LogP) is -0.458. The molecule has 3 atom stereocenters. The minimum atomic E-state index is -1.16. The molecule has 0 aromatic heterocycles. The second-order valence-electron chi connectivity index (χ2n) is 3.93. The Labute approximate surface area is 109 Å². The summed E-state index contributed by atoms with van der Waals surface area (Å²) in [5.74, 6) is -0.670. The summed E-state index contributed by atoms with van der Waals surface area (Å²) in [5.41, 5.74) is 0. The van der Waals surface area contributed by atoms with Crippen molar-refractivity contribution >= 4 is 22.8 Å². The highest BCUT2D eigenvalue weighted by Gasteiger charge is 2.20. The zero-order valence-electron chi connectivity index (χ0n) is 10.8. The van der Waals surface area contributed by atoms with E-state index in [1.807, 2.05) is 0 Å². The SMILES string of the molecule is COCC(NC(=O)NC(C)CCS(C)=O)C(=O)O. The number of rotatable bonds is 8. The Morgan fingerprint density at radius 3 is 2.44 bits per heavy atom. The van der Waals surface area contributed by atoms with Gasteiger partial charge in [0.25, 0.3) is 0 Å². The standard InChI is InChI=1S/C10H20N2O5S/c1-7(4-5-18(3)16)11-10(15)12-8(6-17-2)9(13)14/h7-8H,4-6H2,1-3H3,(H,13,14)(H2,11,12,15). The fourth-order valence-corrected chi connectivity index (χ4v) is 1.87. The van der Waals surface area contributed by atoms with Crippen LogP contribution in [-0.2, 0) is 20.3 Å². The van der Waals surface area contributed by atoms with E-state index < -0.39 is 28.8 Å². The van der Waals surface area contributed by atoms with Crippen molar-refractivity contribution in [3.63, 3.8) is 0 Å². The Balaban J connectivity index is 4.07. The highest BCUT2D eigenvalue weighted by molar-refractivity contribution is 7.84. The Kier molecular flexibility index (Phi) is 8.30. The first-order chi connectivity index (χ1) is 8.36. The van der Waals surface area contributed by atoms with Gasteiger partial charge in [-0.3, -0.25) is 4.21 Å². The minimum Gasteiger partial charge on any atom is -0.480 e. The Morgan fingerprint density at radius 1 is 1.39 bits per heavy atom. The molecule has 0 bridgehead atoms. The van der Waals surface area contributed by atoms with Crippen molar-refractivity contribution in [3.05, 3.63) is 0 Å². The molecule has 0 aromatic rings. The topological polar surface area (TPSA) is 105 Å². The van der Waals surface area contributed by atoms with Crippen LogP contribution in [0.25, 0.3) is 0 Å². The maximum atomic E-state index is 11.5. The van der Waals surface area contributed by atoms with Gasteiger partial charge in [-0.1, -0.05) is 0 Å². The first-order valence-corrected chi connectivity index (χ1v) is 7.18. The lowest BCUT2D eigenvalue weighted by atomic mass is 10.2. The first kappa shape index (κ1) is 16.9. The van der Waals surface area contributed by atoms with Gasteiger partial charge >= 0.3 is 12.0 Å². The maximum Gasteiger partial charge on any atom is 0.328 e. The Hall–Kier alpha value is -1.15. The van der Waals surface area contributed by atoms with Crippen molar-refractivity contribution in [2.45, 2.75) is 25.4 Å². The maximum absolute atomic E-state index is 11.5. The predicted molar refractivity (Wildman–Crippen MR) is 68.0 cm³/mol. The van der Waals surface area contributed by atoms with E-state index in [2.05, 4.69) is 15.4 Å². The van der Waals surface area contributed by atoms with Crippen LogP contribution in [0.3, 0.4) is 0 Å². The normalized spacial score (nSPS) is 15.5. The first-order valence-electron chi connectivity index (χ1n) is 5.45. The summed E-state index contributed by atoms with van der Waals surface area (Å²) in [6, 6.07) is -1.83. The molecule has 3 unspecified atom stereocenters. The summed E-state index contributed by atoms with van der Waals surface area (Å²) in [7, 11) is 0.448. The van der Waals surface area contributed by atoms with Crippen LogP contribution in [0.2, 0.25) is 0 Å². The number of amides is 2. The van der Waals surface area contributed by atoms with Crippen LogP contribution in [-0.4, -0.2) is 59.1 Å². The zero-order chi connectivity index (χ0) is 14.1. The molecule has 0 heterocycles. The van der Waals surface area contributed by atoms with Gasteiger partial charge in [-0.05, 0) is 13.3 Å². The molecule has 0 saturated heterocycles. The van der Waals surface area contributed by atoms with Gasteiger partial charge in [0.2, 0.25) is 0 Å². The van der Waals surface area contributed by atoms with E-state index in [9.17, 15) is 13.8 Å². The zero-order valence-corrected chi connectivity index (χ0v) is 11.6. The summed E-state index contributed by atoms with van der Waals surface area (Å²) in [6.07, 6.45) is 2.16. The number of hydrogen-bond acceptors (Lipinski definition) is 4. The quantitative estimate of drug-likeness (QED) is 0.558. The molecule has 0 spiro atoms. The van der Waals surface area contributed by atoms with Crippen LogP contribution >= 0.6 is 0 Å². The number of carboxylic acid groups (broad SMARTS) is 1. The van der Waals surface area contributed by atoms with Crippen molar-refractivity contribution in [1.82, 2.24) is 10.6 Å². The average Bonchev–Trinajstić information content (AvgIpc) is 2.25. The number of carbonyl (C=O) groups excluding carboxylic acids is 1. The molecule has 2 amide bonds. The minimum absolute atomic E-state index is 0.101. The van der Waals surface area contributed by atoms with Gasteiger partial charge in [-0.2, -0.15) is 0 Å². The molecule has 0 aliphatic rings. The molecular formula is C10H20N2O5S. The molecule has 0 radical (unpaired) electrons. The van der Waals surface area contributed by atoms with Gasteiger partial charge in [0.05, 0.1) is 6.61 Å². The van der Waals surface area contributed by atoms with Crippen molar-refractivity contribution in [1.29, 1.82) is 0 Å². The second-order valence-corrected chi connectivity index (χ2v) is 5.49. The number of hydrogen-bond donors (Lipinski definition) is 3. The highest BCUT2D eigenvalue weighted by atomic mass is 32.2. The number of ether oxygens (including phenoxy) is 1. The fourth-order valence-electron chi connectivity index (χ4n) is 1.18. The molecule has 0 aromatic carbocycles. The van der Waals surface area contributed by atoms with E-state index >= 15 is 0 Å². The van der Waals surface area contributed by atoms with Gasteiger partial charge in [-0.15, -0.1) is 0 Å². The number of aliphatic carboxylic acids is 1. The number of carboxylic acids is 1. The number of carbonyl (C=O) groups is 2. The lowest BCUT2D eigenvalue weighted by Gasteiger charge is -2.17. The van der Waals surface area contributed by atoms with Crippen molar-refractivity contribution in [2.24, 2.45) is 0 Å². The highest BCUT2D eigenvalue weighted by Crippen LogP contribution is 1.93. The Morgan fingerprint density at radius 2 is 2.00 bits per heavy atom. The third-order valence-electron chi connectivity index (χ3n) is 2.15. The molecule has 18 heavy (non-hydrogen) atoms. The van der Waals surface area contributed by atoms with Crippen molar-refractivity contribution in [3.8, 4) is 0 Å². The summed E-state index contributed by atoms with van der Waals surface area (Å²) >= 11 is 0. The number of urea groups is 1. The summed E-state index contributed by atoms with van der Waals surface area (Å²) in [5, 5.41) is 13.7. The van der Waals surface area contributed by atoms with Gasteiger partial charge in [-0.25, -0.2) is 9.59 Å². The lowest BCUT2D eigenvalue weighted by molar-refractivity contribution is -0.140. The van der Waals surface area contributed by atoms with Crippen LogP contribution in [0, 0.1) is 0 Å². The third kappa shape index (κ3) is 8.02. The molecule has 0 rings (SSSR count). The largest absolute Gasteiger partial charge is 0.480 e. The van der Waals surface area contributed by atoms with Crippen molar-refractivity contribution < 1.29 is 23.6 Å². The smallest absolute Gasteiger partial charge is 0.328 e. The second kappa shape index (κ2) is 8.87. The molecular weight excluding hydrogens is 260 g/mol. The van der Waals surface area contributed by atoms with Crippen LogP contribution in [0.1, 0.15) is 13.3 Å². The van der Waals surface area contributed by atoms with Gasteiger partial charge in [0.1, 0.15) is 0 Å². The molecule has 106 valence electrons. The monoisotopic (exact) mass is 280 g/mol. The molecule has 0 saturated carbocycles. The summed E-state index contributed by atoms with van der Waals surface area (Å²) in [4.78, 5) is 22.2. The van der Waals surface area contributed by atoms with Crippen LogP contribution in [0.4, 0.5) is 4.79 Å². The molecule has 0 aliphatic heterocycles. The van der Waals surface area contributed by atoms with Crippen LogP contribution < -0.4 is 10.6 Å². The molecule has 7 nitrogen and oxygen atoms in total. The molecule has 0 fully saturated rings. The van der Waals surface area contributed by atoms with Gasteiger partial charge in [0.15, 0.2) is 6.04 Å². The Bertz CT molecular complexity index is 311. The summed E-state index contributed by atoms with van der Waals surface area (Å²) < 4.78 is 15.6. The third-order valence-corrected chi connectivity index (χ3v) is 2.96. The van der Waals surface area contributed by atoms with E-state index in [-0.39, 0.29) is 12.6 Å². The number of methoxy groups -OCH3 is 1. The lowest BCUT2D eigenvalue weighted by Crippen LogP contribution is -2.50. The van der Waals surface area contributed by atoms with Crippen molar-refractivity contribution in [2.75, 3.05) is 25.7 Å².